The SMILES string of the molecule is C=C1[C@@H](NC(=O)[C@H](CCC(F)(F)F)[C@H](CC(F)(F)F)C(C)=O)N=C(c2ccccc2)c2ccccc2N1C. The zero-order chi connectivity index (χ0) is 28.3. The largest absolute Gasteiger partial charge is 0.389 e. The highest BCUT2D eigenvalue weighted by molar-refractivity contribution is 6.16. The Balaban J connectivity index is 2.03. The van der Waals surface area contributed by atoms with E-state index in [-0.39, 0.29) is 5.70 Å². The molecule has 3 atom stereocenters. The minimum Gasteiger partial charge on any atom is -0.345 e. The van der Waals surface area contributed by atoms with Gasteiger partial charge in [-0.1, -0.05) is 55.1 Å². The lowest BCUT2D eigenvalue weighted by molar-refractivity contribution is -0.163. The standard InChI is InChI=1S/C27H27F6N3O2/c1-16-24(34-23(18-9-5-4-6-10-18)20-11-7-8-12-22(20)36(16)3)35-25(38)19(13-14-26(28,29)30)21(17(2)37)15-27(31,32)33/h4-12,19,21,24H,1,13-15H2,2-3H3,(H,35,38)/t19-,21-,24-/m1/s1. The lowest BCUT2D eigenvalue weighted by Gasteiger charge is -2.29. The Morgan fingerprint density at radius 1 is 0.974 bits per heavy atom. The first-order chi connectivity index (χ1) is 17.7. The molecule has 1 N–H and O–H groups in total. The van der Waals surface area contributed by atoms with E-state index in [0.29, 0.717) is 22.5 Å². The van der Waals surface area contributed by atoms with Crippen LogP contribution >= 0.6 is 0 Å². The van der Waals surface area contributed by atoms with Crippen LogP contribution in [-0.2, 0) is 9.59 Å². The third kappa shape index (κ3) is 7.23. The lowest BCUT2D eigenvalue weighted by Crippen LogP contribution is -2.45. The predicted octanol–water partition coefficient (Wildman–Crippen LogP) is 6.05. The molecule has 3 rings (SSSR count). The van der Waals surface area contributed by atoms with E-state index in [0.717, 1.165) is 6.92 Å². The van der Waals surface area contributed by atoms with Crippen molar-refractivity contribution >= 4 is 23.1 Å². The summed E-state index contributed by atoms with van der Waals surface area (Å²) in [6, 6.07) is 16.1. The van der Waals surface area contributed by atoms with Crippen molar-refractivity contribution in [3.05, 3.63) is 78.0 Å². The number of alkyl halides is 6. The third-order valence-electron chi connectivity index (χ3n) is 6.39. The molecule has 11 heteroatoms. The first kappa shape index (κ1) is 28.9. The molecule has 1 aliphatic heterocycles. The number of ketones is 1. The van der Waals surface area contributed by atoms with E-state index in [2.05, 4.69) is 16.9 Å². The first-order valence-corrected chi connectivity index (χ1v) is 11.8. The number of para-hydroxylation sites is 1. The smallest absolute Gasteiger partial charge is 0.345 e. The van der Waals surface area contributed by atoms with Crippen LogP contribution in [0.25, 0.3) is 0 Å². The van der Waals surface area contributed by atoms with E-state index in [1.54, 1.807) is 66.5 Å². The molecule has 0 bridgehead atoms. The number of hydrogen-bond donors (Lipinski definition) is 1. The number of amides is 1. The zero-order valence-electron chi connectivity index (χ0n) is 20.7. The minimum atomic E-state index is -4.86. The summed E-state index contributed by atoms with van der Waals surface area (Å²) in [6.07, 6.45) is -15.0. The van der Waals surface area contributed by atoms with Crippen molar-refractivity contribution in [3.8, 4) is 0 Å². The highest BCUT2D eigenvalue weighted by Gasteiger charge is 2.43. The second kappa shape index (κ2) is 11.4. The third-order valence-corrected chi connectivity index (χ3v) is 6.39. The molecule has 0 fully saturated rings. The number of carbonyl (C=O) groups excluding carboxylic acids is 2. The number of benzodiazepines with no additional fused rings is 1. The molecular formula is C27H27F6N3O2. The Bertz CT molecular complexity index is 1210. The van der Waals surface area contributed by atoms with Gasteiger partial charge in [-0.05, 0) is 19.4 Å². The van der Waals surface area contributed by atoms with Crippen LogP contribution in [0.5, 0.6) is 0 Å². The van der Waals surface area contributed by atoms with Crippen LogP contribution < -0.4 is 10.2 Å². The van der Waals surface area contributed by atoms with Gasteiger partial charge in [0, 0.05) is 36.4 Å². The topological polar surface area (TPSA) is 61.8 Å². The summed E-state index contributed by atoms with van der Waals surface area (Å²) in [5, 5.41) is 2.48. The average molecular weight is 540 g/mol. The van der Waals surface area contributed by atoms with Crippen LogP contribution in [0, 0.1) is 11.8 Å². The summed E-state index contributed by atoms with van der Waals surface area (Å²) in [5.41, 5.74) is 2.73. The number of carbonyl (C=O) groups is 2. The maximum atomic E-state index is 13.3. The summed E-state index contributed by atoms with van der Waals surface area (Å²) < 4.78 is 78.7. The van der Waals surface area contributed by atoms with Gasteiger partial charge in [-0.2, -0.15) is 26.3 Å². The van der Waals surface area contributed by atoms with E-state index in [1.165, 1.54) is 0 Å². The summed E-state index contributed by atoms with van der Waals surface area (Å²) in [4.78, 5) is 31.7. The molecule has 2 aromatic carbocycles. The van der Waals surface area contributed by atoms with Crippen LogP contribution in [0.3, 0.4) is 0 Å². The van der Waals surface area contributed by atoms with Crippen molar-refractivity contribution in [2.24, 2.45) is 16.8 Å². The van der Waals surface area contributed by atoms with Crippen molar-refractivity contribution in [2.45, 2.75) is 44.7 Å². The fourth-order valence-electron chi connectivity index (χ4n) is 4.41. The van der Waals surface area contributed by atoms with Crippen molar-refractivity contribution in [1.29, 1.82) is 0 Å². The second-order valence-electron chi connectivity index (χ2n) is 9.12. The Morgan fingerprint density at radius 3 is 2.16 bits per heavy atom. The molecule has 0 spiro atoms. The number of fused-ring (bicyclic) bond motifs is 1. The van der Waals surface area contributed by atoms with Gasteiger partial charge in [0.05, 0.1) is 23.5 Å². The number of anilines is 1. The van der Waals surface area contributed by atoms with Crippen LogP contribution in [-0.4, -0.2) is 43.0 Å². The molecule has 0 radical (unpaired) electrons. The fraction of sp³-hybridized carbons (Fsp3) is 0.370. The Labute approximate surface area is 216 Å². The van der Waals surface area contributed by atoms with Gasteiger partial charge in [0.15, 0.2) is 6.17 Å². The molecule has 1 aliphatic rings. The zero-order valence-corrected chi connectivity index (χ0v) is 20.7. The Kier molecular flexibility index (Phi) is 8.68. The molecule has 0 aromatic heterocycles. The van der Waals surface area contributed by atoms with Crippen LogP contribution in [0.1, 0.15) is 37.3 Å². The number of nitrogens with zero attached hydrogens (tertiary/aromatic N) is 2. The molecule has 1 amide bonds. The quantitative estimate of drug-likeness (QED) is 0.416. The summed E-state index contributed by atoms with van der Waals surface area (Å²) >= 11 is 0. The Morgan fingerprint density at radius 2 is 1.58 bits per heavy atom. The number of benzene rings is 2. The number of Topliss-reactive ketones (excluding diaryl/α,β-unsaturated/α-hetero) is 1. The van der Waals surface area contributed by atoms with Gasteiger partial charge in [0.1, 0.15) is 5.78 Å². The number of aliphatic imine (C=N–C) groups is 1. The molecule has 0 aliphatic carbocycles. The number of likely N-dealkylation sites (N-methyl/N-ethyl adjacent to an activating group) is 1. The minimum absolute atomic E-state index is 0.237. The van der Waals surface area contributed by atoms with Gasteiger partial charge in [-0.15, -0.1) is 0 Å². The molecule has 38 heavy (non-hydrogen) atoms. The number of nitrogens with one attached hydrogen (secondary N) is 1. The van der Waals surface area contributed by atoms with Gasteiger partial charge in [-0.3, -0.25) is 14.6 Å². The number of hydrogen-bond acceptors (Lipinski definition) is 4. The van der Waals surface area contributed by atoms with Crippen molar-refractivity contribution in [1.82, 2.24) is 5.32 Å². The highest BCUT2D eigenvalue weighted by atomic mass is 19.4. The molecule has 2 aromatic rings. The van der Waals surface area contributed by atoms with Crippen molar-refractivity contribution < 1.29 is 35.9 Å². The monoisotopic (exact) mass is 539 g/mol. The Hall–Kier alpha value is -3.63. The van der Waals surface area contributed by atoms with E-state index in [9.17, 15) is 35.9 Å². The van der Waals surface area contributed by atoms with Crippen LogP contribution in [0.2, 0.25) is 0 Å². The second-order valence-corrected chi connectivity index (χ2v) is 9.12. The highest BCUT2D eigenvalue weighted by Crippen LogP contribution is 2.35. The molecule has 5 nitrogen and oxygen atoms in total. The molecule has 0 saturated carbocycles. The number of halogens is 6. The maximum Gasteiger partial charge on any atom is 0.389 e. The normalized spacial score (nSPS) is 17.7. The molecule has 204 valence electrons. The van der Waals surface area contributed by atoms with Crippen molar-refractivity contribution in [2.75, 3.05) is 11.9 Å². The van der Waals surface area contributed by atoms with Gasteiger partial charge >= 0.3 is 12.4 Å². The van der Waals surface area contributed by atoms with E-state index >= 15 is 0 Å². The van der Waals surface area contributed by atoms with Gasteiger partial charge in [0.25, 0.3) is 0 Å². The van der Waals surface area contributed by atoms with Crippen molar-refractivity contribution in [3.63, 3.8) is 0 Å². The predicted molar refractivity (Wildman–Crippen MR) is 132 cm³/mol. The maximum absolute atomic E-state index is 13.3. The van der Waals surface area contributed by atoms with Gasteiger partial charge < -0.3 is 10.2 Å². The summed E-state index contributed by atoms with van der Waals surface area (Å²) in [6.45, 7) is 4.82. The first-order valence-electron chi connectivity index (χ1n) is 11.8. The summed E-state index contributed by atoms with van der Waals surface area (Å²) in [7, 11) is 1.66. The lowest BCUT2D eigenvalue weighted by atomic mass is 9.82. The number of rotatable bonds is 8. The average Bonchev–Trinajstić information content (AvgIpc) is 2.93. The molecule has 0 saturated heterocycles. The molecular weight excluding hydrogens is 512 g/mol. The van der Waals surface area contributed by atoms with Gasteiger partial charge in [0.2, 0.25) is 5.91 Å². The van der Waals surface area contributed by atoms with Crippen LogP contribution in [0.15, 0.2) is 71.9 Å². The van der Waals surface area contributed by atoms with Gasteiger partial charge in [-0.25, -0.2) is 0 Å². The fourth-order valence-corrected chi connectivity index (χ4v) is 4.41. The van der Waals surface area contributed by atoms with E-state index in [4.69, 9.17) is 0 Å². The molecule has 1 heterocycles. The van der Waals surface area contributed by atoms with E-state index < -0.39 is 61.3 Å². The van der Waals surface area contributed by atoms with Crippen LogP contribution in [0.4, 0.5) is 32.0 Å². The molecule has 0 unspecified atom stereocenters. The summed E-state index contributed by atoms with van der Waals surface area (Å²) in [5.74, 6) is -6.03. The van der Waals surface area contributed by atoms with E-state index in [1.807, 2.05) is 0 Å².